The molecule has 1 aromatic carbocycles. The number of rotatable bonds is 7. The first-order chi connectivity index (χ1) is 12.8. The van der Waals surface area contributed by atoms with Gasteiger partial charge in [0.25, 0.3) is 0 Å². The quantitative estimate of drug-likeness (QED) is 0.737. The Labute approximate surface area is 158 Å². The molecule has 2 aromatic rings. The number of allylic oxidation sites excluding steroid dienone is 2. The molecule has 0 fully saturated rings. The van der Waals surface area contributed by atoms with Crippen molar-refractivity contribution in [3.05, 3.63) is 53.5 Å². The summed E-state index contributed by atoms with van der Waals surface area (Å²) in [7, 11) is 0. The van der Waals surface area contributed by atoms with Crippen LogP contribution in [0.3, 0.4) is 0 Å². The lowest BCUT2D eigenvalue weighted by Gasteiger charge is -2.26. The summed E-state index contributed by atoms with van der Waals surface area (Å²) in [6.45, 7) is 2.74. The van der Waals surface area contributed by atoms with Gasteiger partial charge in [-0.3, -0.25) is 9.89 Å². The summed E-state index contributed by atoms with van der Waals surface area (Å²) in [6, 6.07) is 10.0. The molecule has 0 atom stereocenters. The molecule has 5 nitrogen and oxygen atoms in total. The molecule has 0 unspecified atom stereocenters. The number of thioether (sulfide) groups is 1. The van der Waals surface area contributed by atoms with Crippen LogP contribution in [0.1, 0.15) is 44.0 Å². The van der Waals surface area contributed by atoms with Crippen LogP contribution in [0.4, 0.5) is 0 Å². The zero-order valence-corrected chi connectivity index (χ0v) is 15.8. The lowest BCUT2D eigenvalue weighted by molar-refractivity contribution is -0.126. The lowest BCUT2D eigenvalue weighted by atomic mass is 10.0. The number of carbonyl (C=O) groups is 1. The van der Waals surface area contributed by atoms with E-state index in [4.69, 9.17) is 0 Å². The average Bonchev–Trinajstić information content (AvgIpc) is 3.15. The summed E-state index contributed by atoms with van der Waals surface area (Å²) in [5.41, 5.74) is 2.28. The number of nitrogens with zero attached hydrogens (tertiary/aromatic N) is 3. The van der Waals surface area contributed by atoms with E-state index >= 15 is 0 Å². The fourth-order valence-electron chi connectivity index (χ4n) is 2.95. The Bertz CT molecular complexity index is 782. The van der Waals surface area contributed by atoms with Crippen molar-refractivity contribution < 1.29 is 4.79 Å². The van der Waals surface area contributed by atoms with Gasteiger partial charge in [0.05, 0.1) is 5.75 Å². The Morgan fingerprint density at radius 1 is 1.27 bits per heavy atom. The zero-order valence-electron chi connectivity index (χ0n) is 15.0. The Hall–Kier alpha value is -2.34. The van der Waals surface area contributed by atoms with Gasteiger partial charge in [0.1, 0.15) is 5.82 Å². The van der Waals surface area contributed by atoms with E-state index in [0.717, 1.165) is 18.4 Å². The first-order valence-electron chi connectivity index (χ1n) is 9.04. The molecule has 0 aliphatic heterocycles. The van der Waals surface area contributed by atoms with E-state index in [1.54, 1.807) is 0 Å². The highest BCUT2D eigenvalue weighted by Crippen LogP contribution is 2.22. The van der Waals surface area contributed by atoms with Crippen molar-refractivity contribution >= 4 is 29.8 Å². The van der Waals surface area contributed by atoms with E-state index in [9.17, 15) is 4.79 Å². The van der Waals surface area contributed by atoms with E-state index in [1.807, 2.05) is 54.3 Å². The van der Waals surface area contributed by atoms with E-state index in [-0.39, 0.29) is 5.91 Å². The van der Waals surface area contributed by atoms with Crippen LogP contribution in [0.25, 0.3) is 12.2 Å². The highest BCUT2D eigenvalue weighted by atomic mass is 32.2. The predicted octanol–water partition coefficient (Wildman–Crippen LogP) is 4.37. The van der Waals surface area contributed by atoms with Gasteiger partial charge in [-0.15, -0.1) is 5.10 Å². The molecule has 0 saturated heterocycles. The van der Waals surface area contributed by atoms with Crippen LogP contribution in [-0.2, 0) is 4.79 Å². The Kier molecular flexibility index (Phi) is 6.66. The maximum atomic E-state index is 12.5. The van der Waals surface area contributed by atoms with Crippen LogP contribution in [0.15, 0.2) is 47.3 Å². The molecule has 26 heavy (non-hydrogen) atoms. The molecule has 0 radical (unpaired) electrons. The molecule has 0 spiro atoms. The number of hydrogen-bond acceptors (Lipinski definition) is 4. The normalized spacial score (nSPS) is 14.4. The zero-order chi connectivity index (χ0) is 18.2. The number of aromatic nitrogens is 3. The van der Waals surface area contributed by atoms with Gasteiger partial charge < -0.3 is 4.90 Å². The highest BCUT2D eigenvalue weighted by molar-refractivity contribution is 7.99. The molecule has 1 N–H and O–H groups in total. The van der Waals surface area contributed by atoms with E-state index in [1.165, 1.54) is 30.3 Å². The first-order valence-corrected chi connectivity index (χ1v) is 10.0. The van der Waals surface area contributed by atoms with Gasteiger partial charge >= 0.3 is 0 Å². The Morgan fingerprint density at radius 2 is 2.12 bits per heavy atom. The number of amides is 1. The van der Waals surface area contributed by atoms with Crippen molar-refractivity contribution in [2.75, 3.05) is 12.3 Å². The van der Waals surface area contributed by atoms with Gasteiger partial charge in [-0.05, 0) is 44.2 Å². The summed E-state index contributed by atoms with van der Waals surface area (Å²) in [5.74, 6) is 1.16. The van der Waals surface area contributed by atoms with E-state index < -0.39 is 0 Å². The summed E-state index contributed by atoms with van der Waals surface area (Å²) >= 11 is 1.37. The van der Waals surface area contributed by atoms with E-state index in [2.05, 4.69) is 21.3 Å². The second kappa shape index (κ2) is 9.38. The third kappa shape index (κ3) is 5.08. The molecular weight excluding hydrogens is 344 g/mol. The van der Waals surface area contributed by atoms with Gasteiger partial charge in [0.15, 0.2) is 0 Å². The van der Waals surface area contributed by atoms with Gasteiger partial charge in [-0.25, -0.2) is 4.98 Å². The fourth-order valence-corrected chi connectivity index (χ4v) is 3.63. The van der Waals surface area contributed by atoms with Gasteiger partial charge in [0, 0.05) is 12.2 Å². The van der Waals surface area contributed by atoms with Crippen molar-refractivity contribution in [3.63, 3.8) is 0 Å². The molecule has 1 aliphatic carbocycles. The van der Waals surface area contributed by atoms with Gasteiger partial charge in [-0.1, -0.05) is 54.2 Å². The maximum Gasteiger partial charge on any atom is 0.237 e. The van der Waals surface area contributed by atoms with Crippen LogP contribution in [0, 0.1) is 0 Å². The van der Waals surface area contributed by atoms with Crippen molar-refractivity contribution in [1.29, 1.82) is 0 Å². The summed E-state index contributed by atoms with van der Waals surface area (Å²) < 4.78 is 0. The fraction of sp³-hybridized carbons (Fsp3) is 0.350. The van der Waals surface area contributed by atoms with Crippen LogP contribution in [0.5, 0.6) is 0 Å². The van der Waals surface area contributed by atoms with E-state index in [0.29, 0.717) is 23.3 Å². The minimum absolute atomic E-state index is 0.122. The molecule has 1 heterocycles. The third-order valence-corrected chi connectivity index (χ3v) is 5.10. The molecule has 1 aromatic heterocycles. The summed E-state index contributed by atoms with van der Waals surface area (Å²) in [6.07, 6.45) is 10.5. The predicted molar refractivity (Wildman–Crippen MR) is 106 cm³/mol. The third-order valence-electron chi connectivity index (χ3n) is 4.27. The molecule has 136 valence electrons. The molecule has 0 saturated carbocycles. The van der Waals surface area contributed by atoms with Crippen LogP contribution in [-0.4, -0.2) is 38.3 Å². The largest absolute Gasteiger partial charge is 0.316 e. The minimum atomic E-state index is 0.122. The van der Waals surface area contributed by atoms with Crippen molar-refractivity contribution in [1.82, 2.24) is 20.1 Å². The second-order valence-corrected chi connectivity index (χ2v) is 7.06. The number of aromatic amines is 1. The van der Waals surface area contributed by atoms with Crippen LogP contribution >= 0.6 is 11.8 Å². The maximum absolute atomic E-state index is 12.5. The molecule has 6 heteroatoms. The van der Waals surface area contributed by atoms with Crippen molar-refractivity contribution in [3.8, 4) is 0 Å². The standard InChI is InChI=1S/C20H24N4OS/c1-2-24(17-11-7-4-8-12-17)19(25)15-26-20-21-18(22-23-20)14-13-16-9-5-3-6-10-16/h3,5-6,9-11,13-14H,2,4,7-8,12,15H2,1H3,(H,21,22,23). The topological polar surface area (TPSA) is 61.9 Å². The number of benzene rings is 1. The smallest absolute Gasteiger partial charge is 0.237 e. The van der Waals surface area contributed by atoms with Gasteiger partial charge in [-0.2, -0.15) is 0 Å². The number of carbonyl (C=O) groups excluding carboxylic acids is 1. The van der Waals surface area contributed by atoms with Gasteiger partial charge in [0.2, 0.25) is 11.1 Å². The summed E-state index contributed by atoms with van der Waals surface area (Å²) in [4.78, 5) is 18.9. The SMILES string of the molecule is CCN(C(=O)CSc1n[nH]c(C=Cc2ccccc2)n1)C1=CCCCC1. The molecule has 0 bridgehead atoms. The number of H-pyrrole nitrogens is 1. The molecule has 1 aliphatic rings. The lowest BCUT2D eigenvalue weighted by Crippen LogP contribution is -2.32. The average molecular weight is 369 g/mol. The number of nitrogens with one attached hydrogen (secondary N) is 1. The first kappa shape index (κ1) is 18.5. The molecule has 3 rings (SSSR count). The van der Waals surface area contributed by atoms with Crippen LogP contribution in [0.2, 0.25) is 0 Å². The van der Waals surface area contributed by atoms with Crippen molar-refractivity contribution in [2.45, 2.75) is 37.8 Å². The summed E-state index contributed by atoms with van der Waals surface area (Å²) in [5, 5.41) is 7.69. The molecular formula is C20H24N4OS. The van der Waals surface area contributed by atoms with Crippen molar-refractivity contribution in [2.24, 2.45) is 0 Å². The minimum Gasteiger partial charge on any atom is -0.316 e. The second-order valence-electron chi connectivity index (χ2n) is 6.12. The number of hydrogen-bond donors (Lipinski definition) is 1. The highest BCUT2D eigenvalue weighted by Gasteiger charge is 2.18. The Morgan fingerprint density at radius 3 is 2.85 bits per heavy atom. The molecule has 1 amide bonds. The Balaban J connectivity index is 1.54. The monoisotopic (exact) mass is 368 g/mol. The van der Waals surface area contributed by atoms with Crippen LogP contribution < -0.4 is 0 Å².